The fourth-order valence-electron chi connectivity index (χ4n) is 3.14. The molecule has 2 aromatic rings. The van der Waals surface area contributed by atoms with E-state index in [1.807, 2.05) is 17.0 Å². The van der Waals surface area contributed by atoms with Gasteiger partial charge in [0.1, 0.15) is 10.7 Å². The molecule has 1 saturated heterocycles. The normalized spacial score (nSPS) is 16.5. The van der Waals surface area contributed by atoms with E-state index in [4.69, 9.17) is 5.73 Å². The molecule has 1 aromatic carbocycles. The topological polar surface area (TPSA) is 92.4 Å². The van der Waals surface area contributed by atoms with Gasteiger partial charge in [0.05, 0.1) is 11.1 Å². The van der Waals surface area contributed by atoms with Crippen molar-refractivity contribution in [3.05, 3.63) is 36.0 Å². The molecule has 0 unspecified atom stereocenters. The van der Waals surface area contributed by atoms with Crippen LogP contribution in [0.4, 0.5) is 11.8 Å². The van der Waals surface area contributed by atoms with E-state index >= 15 is 0 Å². The first-order valence-corrected chi connectivity index (χ1v) is 10.7. The lowest BCUT2D eigenvalue weighted by atomic mass is 10.0. The summed E-state index contributed by atoms with van der Waals surface area (Å²) in [6.45, 7) is 7.67. The molecule has 0 amide bonds. The summed E-state index contributed by atoms with van der Waals surface area (Å²) in [5.74, 6) is 0.810. The Morgan fingerprint density at radius 3 is 2.41 bits per heavy atom. The number of nitrogens with two attached hydrogens (primary N) is 1. The number of hydrogen-bond acceptors (Lipinski definition) is 7. The average Bonchev–Trinajstić information content (AvgIpc) is 2.86. The van der Waals surface area contributed by atoms with Crippen molar-refractivity contribution in [3.63, 3.8) is 0 Å². The van der Waals surface area contributed by atoms with Gasteiger partial charge in [0.25, 0.3) is 0 Å². The maximum absolute atomic E-state index is 12.9. The van der Waals surface area contributed by atoms with Crippen LogP contribution in [-0.4, -0.2) is 56.5 Å². The van der Waals surface area contributed by atoms with Gasteiger partial charge in [-0.25, -0.2) is 13.4 Å². The molecule has 7 nitrogen and oxygen atoms in total. The standard InChI is InChI=1S/C19H27N5O2S/c1-14(2)15-5-7-16(8-6-15)27(25,26)17-13-21-19(22-18(17)20)24-10-4-9-23(3)11-12-24/h5-8,13-14H,4,9-12H2,1-3H3,(H2,20,21,22). The Hall–Kier alpha value is -2.19. The van der Waals surface area contributed by atoms with Gasteiger partial charge in [-0.05, 0) is 43.6 Å². The van der Waals surface area contributed by atoms with Crippen molar-refractivity contribution in [1.82, 2.24) is 14.9 Å². The van der Waals surface area contributed by atoms with Crippen LogP contribution >= 0.6 is 0 Å². The molecule has 1 aliphatic rings. The van der Waals surface area contributed by atoms with Gasteiger partial charge in [-0.1, -0.05) is 26.0 Å². The van der Waals surface area contributed by atoms with Crippen LogP contribution in [-0.2, 0) is 9.84 Å². The zero-order valence-electron chi connectivity index (χ0n) is 16.1. The molecule has 3 rings (SSSR count). The van der Waals surface area contributed by atoms with Crippen molar-refractivity contribution >= 4 is 21.6 Å². The highest BCUT2D eigenvalue weighted by atomic mass is 32.2. The van der Waals surface area contributed by atoms with Gasteiger partial charge in [-0.2, -0.15) is 4.98 Å². The number of nitrogen functional groups attached to an aromatic ring is 1. The molecule has 1 aliphatic heterocycles. The first-order chi connectivity index (χ1) is 12.8. The summed E-state index contributed by atoms with van der Waals surface area (Å²) in [4.78, 5) is 13.1. The maximum Gasteiger partial charge on any atom is 0.227 e. The minimum absolute atomic E-state index is 0.00876. The van der Waals surface area contributed by atoms with Crippen LogP contribution in [0, 0.1) is 0 Å². The first kappa shape index (κ1) is 19.6. The first-order valence-electron chi connectivity index (χ1n) is 9.20. The van der Waals surface area contributed by atoms with Crippen molar-refractivity contribution in [2.75, 3.05) is 43.9 Å². The number of rotatable bonds is 4. The minimum atomic E-state index is -3.75. The van der Waals surface area contributed by atoms with Crippen molar-refractivity contribution in [2.45, 2.75) is 36.0 Å². The van der Waals surface area contributed by atoms with Gasteiger partial charge < -0.3 is 15.5 Å². The van der Waals surface area contributed by atoms with Gasteiger partial charge in [-0.15, -0.1) is 0 Å². The largest absolute Gasteiger partial charge is 0.382 e. The summed E-state index contributed by atoms with van der Waals surface area (Å²) in [5, 5.41) is 0. The highest BCUT2D eigenvalue weighted by molar-refractivity contribution is 7.91. The van der Waals surface area contributed by atoms with E-state index in [0.29, 0.717) is 11.9 Å². The van der Waals surface area contributed by atoms with E-state index in [9.17, 15) is 8.42 Å². The number of nitrogens with zero attached hydrogens (tertiary/aromatic N) is 4. The smallest absolute Gasteiger partial charge is 0.227 e. The molecule has 2 N–H and O–H groups in total. The van der Waals surface area contributed by atoms with Gasteiger partial charge >= 0.3 is 0 Å². The predicted octanol–water partition coefficient (Wildman–Crippen LogP) is 2.16. The summed E-state index contributed by atoms with van der Waals surface area (Å²) in [7, 11) is -1.67. The molecule has 0 radical (unpaired) electrons. The minimum Gasteiger partial charge on any atom is -0.382 e. The molecule has 0 bridgehead atoms. The average molecular weight is 390 g/mol. The summed E-state index contributed by atoms with van der Waals surface area (Å²) < 4.78 is 25.9. The number of sulfone groups is 1. The predicted molar refractivity (Wildman–Crippen MR) is 107 cm³/mol. The second-order valence-electron chi connectivity index (χ2n) is 7.29. The van der Waals surface area contributed by atoms with E-state index in [1.54, 1.807) is 12.1 Å². The fraction of sp³-hybridized carbons (Fsp3) is 0.474. The molecule has 0 atom stereocenters. The van der Waals surface area contributed by atoms with Crippen molar-refractivity contribution < 1.29 is 8.42 Å². The highest BCUT2D eigenvalue weighted by Crippen LogP contribution is 2.27. The molecular weight excluding hydrogens is 362 g/mol. The summed E-state index contributed by atoms with van der Waals surface area (Å²) >= 11 is 0. The molecule has 0 aliphatic carbocycles. The third-order valence-electron chi connectivity index (χ3n) is 4.92. The summed E-state index contributed by atoms with van der Waals surface area (Å²) in [5.41, 5.74) is 7.11. The van der Waals surface area contributed by atoms with E-state index in [1.165, 1.54) is 6.20 Å². The van der Waals surface area contributed by atoms with Gasteiger partial charge in [0.15, 0.2) is 0 Å². The zero-order valence-corrected chi connectivity index (χ0v) is 16.9. The lowest BCUT2D eigenvalue weighted by Crippen LogP contribution is -2.30. The molecule has 1 aromatic heterocycles. The summed E-state index contributed by atoms with van der Waals surface area (Å²) in [6, 6.07) is 6.89. The molecule has 0 saturated carbocycles. The van der Waals surface area contributed by atoms with Gasteiger partial charge in [-0.3, -0.25) is 0 Å². The highest BCUT2D eigenvalue weighted by Gasteiger charge is 2.24. The van der Waals surface area contributed by atoms with Crippen molar-refractivity contribution in [3.8, 4) is 0 Å². The Bertz CT molecular complexity index is 897. The molecule has 1 fully saturated rings. The van der Waals surface area contributed by atoms with Gasteiger partial charge in [0, 0.05) is 19.6 Å². The zero-order chi connectivity index (χ0) is 19.6. The van der Waals surface area contributed by atoms with Crippen LogP contribution < -0.4 is 10.6 Å². The SMILES string of the molecule is CC(C)c1ccc(S(=O)(=O)c2cnc(N3CCCN(C)CC3)nc2N)cc1. The fourth-order valence-corrected chi connectivity index (χ4v) is 4.40. The molecular formula is C19H27N5O2S. The number of anilines is 2. The van der Waals surface area contributed by atoms with Crippen LogP contribution in [0.5, 0.6) is 0 Å². The van der Waals surface area contributed by atoms with Crippen LogP contribution in [0.2, 0.25) is 0 Å². The number of likely N-dealkylation sites (N-methyl/N-ethyl adjacent to an activating group) is 1. The number of benzene rings is 1. The van der Waals surface area contributed by atoms with Gasteiger partial charge in [0.2, 0.25) is 15.8 Å². The number of aromatic nitrogens is 2. The molecule has 0 spiro atoms. The Balaban J connectivity index is 1.88. The second kappa shape index (κ2) is 7.82. The quantitative estimate of drug-likeness (QED) is 0.856. The van der Waals surface area contributed by atoms with E-state index in [2.05, 4.69) is 35.8 Å². The molecule has 146 valence electrons. The van der Waals surface area contributed by atoms with E-state index in [-0.39, 0.29) is 15.6 Å². The third kappa shape index (κ3) is 4.22. The monoisotopic (exact) mass is 389 g/mol. The van der Waals surface area contributed by atoms with Crippen LogP contribution in [0.15, 0.2) is 40.3 Å². The lowest BCUT2D eigenvalue weighted by molar-refractivity contribution is 0.360. The van der Waals surface area contributed by atoms with Crippen molar-refractivity contribution in [1.29, 1.82) is 0 Å². The maximum atomic E-state index is 12.9. The van der Waals surface area contributed by atoms with Crippen LogP contribution in [0.3, 0.4) is 0 Å². The Morgan fingerprint density at radius 2 is 1.78 bits per heavy atom. The molecule has 2 heterocycles. The van der Waals surface area contributed by atoms with E-state index in [0.717, 1.165) is 38.2 Å². The molecule has 27 heavy (non-hydrogen) atoms. The van der Waals surface area contributed by atoms with E-state index < -0.39 is 9.84 Å². The third-order valence-corrected chi connectivity index (χ3v) is 6.71. The number of hydrogen-bond donors (Lipinski definition) is 1. The Morgan fingerprint density at radius 1 is 1.07 bits per heavy atom. The Kier molecular flexibility index (Phi) is 5.67. The molecule has 8 heteroatoms. The van der Waals surface area contributed by atoms with Crippen LogP contribution in [0.1, 0.15) is 31.7 Å². The van der Waals surface area contributed by atoms with Crippen molar-refractivity contribution in [2.24, 2.45) is 0 Å². The second-order valence-corrected chi connectivity index (χ2v) is 9.21. The Labute approximate surface area is 161 Å². The van der Waals surface area contributed by atoms with Crippen LogP contribution in [0.25, 0.3) is 0 Å². The summed E-state index contributed by atoms with van der Waals surface area (Å²) in [6.07, 6.45) is 2.33. The lowest BCUT2D eigenvalue weighted by Gasteiger charge is -2.21.